The van der Waals surface area contributed by atoms with Gasteiger partial charge in [0, 0.05) is 23.9 Å². The number of anilines is 2. The van der Waals surface area contributed by atoms with Crippen LogP contribution in [0, 0.1) is 12.8 Å². The second-order valence-electron chi connectivity index (χ2n) is 4.73. The standard InChI is InChI=1S/C12H17N5OS/c1-7-4-9-10(14-5-8-2-3-18-6-8)15-12(17-13)16-11(9)19-7/h4,8H,2-3,5-6,13H2,1H3,(H2,14,15,16,17). The van der Waals surface area contributed by atoms with Crippen molar-refractivity contribution >= 4 is 33.3 Å². The van der Waals surface area contributed by atoms with Crippen molar-refractivity contribution in [2.75, 3.05) is 30.5 Å². The normalized spacial score (nSPS) is 18.9. The van der Waals surface area contributed by atoms with Crippen LogP contribution in [0.15, 0.2) is 6.07 Å². The second kappa shape index (κ2) is 5.28. The van der Waals surface area contributed by atoms with E-state index in [4.69, 9.17) is 10.6 Å². The highest BCUT2D eigenvalue weighted by molar-refractivity contribution is 7.18. The first-order valence-electron chi connectivity index (χ1n) is 6.32. The maximum Gasteiger partial charge on any atom is 0.240 e. The van der Waals surface area contributed by atoms with Gasteiger partial charge in [-0.05, 0) is 19.4 Å². The predicted octanol–water partition coefficient (Wildman–Crippen LogP) is 1.73. The van der Waals surface area contributed by atoms with Crippen LogP contribution < -0.4 is 16.6 Å². The van der Waals surface area contributed by atoms with Crippen LogP contribution in [-0.4, -0.2) is 29.7 Å². The summed E-state index contributed by atoms with van der Waals surface area (Å²) in [7, 11) is 0. The first-order chi connectivity index (χ1) is 9.26. The molecule has 1 aliphatic heterocycles. The molecule has 1 fully saturated rings. The van der Waals surface area contributed by atoms with Gasteiger partial charge >= 0.3 is 0 Å². The molecule has 3 heterocycles. The zero-order valence-electron chi connectivity index (χ0n) is 10.8. The lowest BCUT2D eigenvalue weighted by Crippen LogP contribution is -2.16. The van der Waals surface area contributed by atoms with Gasteiger partial charge in [0.15, 0.2) is 0 Å². The Bertz CT molecular complexity index is 579. The highest BCUT2D eigenvalue weighted by Gasteiger charge is 2.17. The Morgan fingerprint density at radius 2 is 2.42 bits per heavy atom. The molecule has 2 aromatic rings. The third-order valence-electron chi connectivity index (χ3n) is 3.23. The number of fused-ring (bicyclic) bond motifs is 1. The minimum atomic E-state index is 0.444. The second-order valence-corrected chi connectivity index (χ2v) is 5.96. The number of hydrazine groups is 1. The van der Waals surface area contributed by atoms with Gasteiger partial charge in [-0.2, -0.15) is 4.98 Å². The van der Waals surface area contributed by atoms with E-state index in [-0.39, 0.29) is 0 Å². The fourth-order valence-corrected chi connectivity index (χ4v) is 3.11. The lowest BCUT2D eigenvalue weighted by atomic mass is 10.1. The molecule has 1 unspecified atom stereocenters. The fourth-order valence-electron chi connectivity index (χ4n) is 2.23. The minimum absolute atomic E-state index is 0.444. The van der Waals surface area contributed by atoms with Crippen molar-refractivity contribution in [3.63, 3.8) is 0 Å². The highest BCUT2D eigenvalue weighted by atomic mass is 32.1. The first-order valence-corrected chi connectivity index (χ1v) is 7.14. The number of nitrogens with two attached hydrogens (primary N) is 1. The molecule has 4 N–H and O–H groups in total. The average molecular weight is 279 g/mol. The molecule has 1 aliphatic rings. The molecule has 6 nitrogen and oxygen atoms in total. The number of nitrogens with one attached hydrogen (secondary N) is 2. The molecule has 1 saturated heterocycles. The van der Waals surface area contributed by atoms with E-state index in [1.165, 1.54) is 4.88 Å². The number of ether oxygens (including phenoxy) is 1. The third-order valence-corrected chi connectivity index (χ3v) is 4.17. The quantitative estimate of drug-likeness (QED) is 0.584. The van der Waals surface area contributed by atoms with Gasteiger partial charge in [-0.25, -0.2) is 10.8 Å². The molecule has 7 heteroatoms. The Labute approximate surface area is 115 Å². The Balaban J connectivity index is 1.86. The van der Waals surface area contributed by atoms with Crippen LogP contribution in [0.3, 0.4) is 0 Å². The largest absolute Gasteiger partial charge is 0.381 e. The van der Waals surface area contributed by atoms with Crippen molar-refractivity contribution in [1.29, 1.82) is 0 Å². The molecule has 0 saturated carbocycles. The third kappa shape index (κ3) is 2.63. The summed E-state index contributed by atoms with van der Waals surface area (Å²) in [5, 5.41) is 4.45. The summed E-state index contributed by atoms with van der Waals surface area (Å²) in [5.41, 5.74) is 2.52. The zero-order chi connectivity index (χ0) is 13.2. The Morgan fingerprint density at radius 3 is 3.16 bits per heavy atom. The van der Waals surface area contributed by atoms with Gasteiger partial charge in [-0.15, -0.1) is 11.3 Å². The molecule has 3 rings (SSSR count). The van der Waals surface area contributed by atoms with Crippen molar-refractivity contribution < 1.29 is 4.74 Å². The number of nitrogen functional groups attached to an aromatic ring is 1. The van der Waals surface area contributed by atoms with Crippen molar-refractivity contribution in [3.05, 3.63) is 10.9 Å². The molecule has 0 bridgehead atoms. The number of thiophene rings is 1. The van der Waals surface area contributed by atoms with Gasteiger partial charge < -0.3 is 10.1 Å². The summed E-state index contributed by atoms with van der Waals surface area (Å²) in [6.45, 7) is 4.62. The SMILES string of the molecule is Cc1cc2c(NCC3CCOC3)nc(NN)nc2s1. The van der Waals surface area contributed by atoms with E-state index in [0.717, 1.165) is 42.2 Å². The smallest absolute Gasteiger partial charge is 0.240 e. The van der Waals surface area contributed by atoms with Gasteiger partial charge in [-0.3, -0.25) is 5.43 Å². The Hall–Kier alpha value is -1.44. The maximum atomic E-state index is 5.42. The van der Waals surface area contributed by atoms with Gasteiger partial charge in [-0.1, -0.05) is 0 Å². The van der Waals surface area contributed by atoms with Gasteiger partial charge in [0.05, 0.1) is 12.0 Å². The molecule has 0 aromatic carbocycles. The van der Waals surface area contributed by atoms with E-state index < -0.39 is 0 Å². The summed E-state index contributed by atoms with van der Waals surface area (Å²) in [4.78, 5) is 10.9. The molecule has 0 amide bonds. The van der Waals surface area contributed by atoms with Crippen LogP contribution >= 0.6 is 11.3 Å². The van der Waals surface area contributed by atoms with Crippen LogP contribution in [0.4, 0.5) is 11.8 Å². The highest BCUT2D eigenvalue weighted by Crippen LogP contribution is 2.29. The van der Waals surface area contributed by atoms with E-state index in [0.29, 0.717) is 11.9 Å². The summed E-state index contributed by atoms with van der Waals surface area (Å²) in [6, 6.07) is 2.10. The van der Waals surface area contributed by atoms with E-state index in [1.54, 1.807) is 11.3 Å². The number of aromatic nitrogens is 2. The topological polar surface area (TPSA) is 85.1 Å². The molecule has 102 valence electrons. The molecular weight excluding hydrogens is 262 g/mol. The lowest BCUT2D eigenvalue weighted by molar-refractivity contribution is 0.187. The summed E-state index contributed by atoms with van der Waals surface area (Å²) >= 11 is 1.64. The van der Waals surface area contributed by atoms with E-state index in [1.807, 2.05) is 0 Å². The van der Waals surface area contributed by atoms with Crippen molar-refractivity contribution in [2.24, 2.45) is 11.8 Å². The van der Waals surface area contributed by atoms with Gasteiger partial charge in [0.1, 0.15) is 10.6 Å². The molecule has 2 aromatic heterocycles. The molecular formula is C12H17N5OS. The molecule has 0 radical (unpaired) electrons. The monoisotopic (exact) mass is 279 g/mol. The summed E-state index contributed by atoms with van der Waals surface area (Å²) < 4.78 is 5.38. The van der Waals surface area contributed by atoms with Crippen LogP contribution in [0.2, 0.25) is 0 Å². The number of hydrogen-bond donors (Lipinski definition) is 3. The number of nitrogens with zero attached hydrogens (tertiary/aromatic N) is 2. The Morgan fingerprint density at radius 1 is 1.53 bits per heavy atom. The molecule has 19 heavy (non-hydrogen) atoms. The van der Waals surface area contributed by atoms with E-state index >= 15 is 0 Å². The first kappa shape index (κ1) is 12.6. The molecule has 0 spiro atoms. The van der Waals surface area contributed by atoms with E-state index in [9.17, 15) is 0 Å². The number of hydrogen-bond acceptors (Lipinski definition) is 7. The minimum Gasteiger partial charge on any atom is -0.381 e. The van der Waals surface area contributed by atoms with Crippen LogP contribution in [0.25, 0.3) is 10.2 Å². The van der Waals surface area contributed by atoms with Gasteiger partial charge in [0.2, 0.25) is 5.95 Å². The van der Waals surface area contributed by atoms with E-state index in [2.05, 4.69) is 33.7 Å². The fraction of sp³-hybridized carbons (Fsp3) is 0.500. The van der Waals surface area contributed by atoms with Crippen LogP contribution in [-0.2, 0) is 4.74 Å². The van der Waals surface area contributed by atoms with Crippen molar-refractivity contribution in [1.82, 2.24) is 9.97 Å². The zero-order valence-corrected chi connectivity index (χ0v) is 11.6. The average Bonchev–Trinajstić information content (AvgIpc) is 3.03. The predicted molar refractivity (Wildman–Crippen MR) is 77.4 cm³/mol. The molecule has 1 atom stereocenters. The van der Waals surface area contributed by atoms with Gasteiger partial charge in [0.25, 0.3) is 0 Å². The van der Waals surface area contributed by atoms with Crippen LogP contribution in [0.1, 0.15) is 11.3 Å². The van der Waals surface area contributed by atoms with Crippen molar-refractivity contribution in [2.45, 2.75) is 13.3 Å². The summed E-state index contributed by atoms with van der Waals surface area (Å²) in [6.07, 6.45) is 1.10. The lowest BCUT2D eigenvalue weighted by Gasteiger charge is -2.11. The summed E-state index contributed by atoms with van der Waals surface area (Å²) in [5.74, 6) is 7.26. The molecule has 0 aliphatic carbocycles. The number of rotatable bonds is 4. The van der Waals surface area contributed by atoms with Crippen molar-refractivity contribution in [3.8, 4) is 0 Å². The maximum absolute atomic E-state index is 5.42. The van der Waals surface area contributed by atoms with Crippen LogP contribution in [0.5, 0.6) is 0 Å². The Kier molecular flexibility index (Phi) is 3.50. The number of aryl methyl sites for hydroxylation is 1.